The highest BCUT2D eigenvalue weighted by Gasteiger charge is 2.28. The summed E-state index contributed by atoms with van der Waals surface area (Å²) in [7, 11) is 0. The largest absolute Gasteiger partial charge is 0.472 e. The van der Waals surface area contributed by atoms with Crippen LogP contribution in [-0.4, -0.2) is 46.0 Å². The Kier molecular flexibility index (Phi) is 6.19. The average molecular weight is 477 g/mol. The maximum absolute atomic E-state index is 11.7. The number of aryl methyl sites for hydroxylation is 2. The van der Waals surface area contributed by atoms with Gasteiger partial charge in [-0.2, -0.15) is 10.1 Å². The highest BCUT2D eigenvalue weighted by molar-refractivity contribution is 6.34. The van der Waals surface area contributed by atoms with Gasteiger partial charge in [-0.15, -0.1) is 5.10 Å². The van der Waals surface area contributed by atoms with Gasteiger partial charge in [0.15, 0.2) is 10.8 Å². The van der Waals surface area contributed by atoms with Crippen molar-refractivity contribution in [2.75, 3.05) is 6.61 Å². The zero-order valence-corrected chi connectivity index (χ0v) is 18.7. The minimum atomic E-state index is -0.490. The third kappa shape index (κ3) is 4.08. The number of pyridine rings is 1. The lowest BCUT2D eigenvalue weighted by atomic mass is 10.2. The Morgan fingerprint density at radius 3 is 2.81 bits per heavy atom. The lowest BCUT2D eigenvalue weighted by Gasteiger charge is -2.07. The molecule has 0 radical (unpaired) electrons. The molecule has 166 valence electrons. The van der Waals surface area contributed by atoms with E-state index in [4.69, 9.17) is 27.9 Å². The van der Waals surface area contributed by atoms with Crippen molar-refractivity contribution in [2.45, 2.75) is 33.2 Å². The van der Waals surface area contributed by atoms with Crippen molar-refractivity contribution in [3.05, 3.63) is 56.5 Å². The van der Waals surface area contributed by atoms with Crippen LogP contribution in [0.1, 0.15) is 24.7 Å². The molecule has 4 aromatic rings. The zero-order valence-electron chi connectivity index (χ0n) is 17.2. The van der Waals surface area contributed by atoms with Crippen LogP contribution in [0.25, 0.3) is 16.7 Å². The zero-order chi connectivity index (χ0) is 22.8. The summed E-state index contributed by atoms with van der Waals surface area (Å²) in [6.45, 7) is 4.17. The first-order valence-corrected chi connectivity index (χ1v) is 10.5. The molecule has 4 rings (SSSR count). The molecule has 0 spiro atoms. The molecule has 0 aromatic carbocycles. The van der Waals surface area contributed by atoms with E-state index in [-0.39, 0.29) is 28.6 Å². The van der Waals surface area contributed by atoms with Gasteiger partial charge < -0.3 is 4.74 Å². The fourth-order valence-electron chi connectivity index (χ4n) is 3.35. The van der Waals surface area contributed by atoms with Gasteiger partial charge in [0, 0.05) is 25.4 Å². The Balaban J connectivity index is 1.53. The van der Waals surface area contributed by atoms with Crippen LogP contribution >= 0.6 is 23.2 Å². The summed E-state index contributed by atoms with van der Waals surface area (Å²) >= 11 is 12.0. The quantitative estimate of drug-likeness (QED) is 0.162. The van der Waals surface area contributed by atoms with Crippen molar-refractivity contribution < 1.29 is 9.66 Å². The molecule has 13 heteroatoms. The Morgan fingerprint density at radius 1 is 1.25 bits per heavy atom. The SMILES string of the molecule is CCc1ncccc1-n1nc(OCCCn2nc(Cl)c3cnc(Cl)nc32)c([N+](=O)[O-])c1C. The number of hydrogen-bond donors (Lipinski definition) is 0. The van der Waals surface area contributed by atoms with Crippen LogP contribution in [0.2, 0.25) is 10.4 Å². The van der Waals surface area contributed by atoms with Gasteiger partial charge in [-0.1, -0.05) is 18.5 Å². The maximum atomic E-state index is 11.7. The summed E-state index contributed by atoms with van der Waals surface area (Å²) < 4.78 is 8.78. The van der Waals surface area contributed by atoms with Crippen molar-refractivity contribution in [1.29, 1.82) is 0 Å². The molecular weight excluding hydrogens is 459 g/mol. The van der Waals surface area contributed by atoms with Gasteiger partial charge in [0.1, 0.15) is 5.69 Å². The third-order valence-corrected chi connectivity index (χ3v) is 5.29. The fraction of sp³-hybridized carbons (Fsp3) is 0.316. The number of rotatable bonds is 8. The molecular formula is C19H18Cl2N8O3. The maximum Gasteiger partial charge on any atom is 0.353 e. The first kappa shape index (κ1) is 21.9. The van der Waals surface area contributed by atoms with Gasteiger partial charge in [-0.3, -0.25) is 15.1 Å². The summed E-state index contributed by atoms with van der Waals surface area (Å²) in [5, 5.41) is 21.2. The van der Waals surface area contributed by atoms with Crippen LogP contribution in [0.15, 0.2) is 24.5 Å². The van der Waals surface area contributed by atoms with Gasteiger partial charge in [-0.05, 0) is 37.1 Å². The van der Waals surface area contributed by atoms with Gasteiger partial charge >= 0.3 is 11.6 Å². The van der Waals surface area contributed by atoms with E-state index in [9.17, 15) is 10.1 Å². The van der Waals surface area contributed by atoms with E-state index in [1.54, 1.807) is 23.9 Å². The number of nitrogens with zero attached hydrogens (tertiary/aromatic N) is 8. The molecule has 11 nitrogen and oxygen atoms in total. The molecule has 4 heterocycles. The Hall–Kier alpha value is -3.31. The minimum Gasteiger partial charge on any atom is -0.472 e. The molecule has 4 aromatic heterocycles. The summed E-state index contributed by atoms with van der Waals surface area (Å²) in [4.78, 5) is 23.6. The van der Waals surface area contributed by atoms with Crippen LogP contribution in [0.3, 0.4) is 0 Å². The van der Waals surface area contributed by atoms with Gasteiger partial charge in [0.2, 0.25) is 5.28 Å². The molecule has 0 aliphatic heterocycles. The highest BCUT2D eigenvalue weighted by atomic mass is 35.5. The van der Waals surface area contributed by atoms with Crippen molar-refractivity contribution in [2.24, 2.45) is 0 Å². The number of aromatic nitrogens is 7. The van der Waals surface area contributed by atoms with Crippen LogP contribution in [-0.2, 0) is 13.0 Å². The lowest BCUT2D eigenvalue weighted by Crippen LogP contribution is -2.08. The Bertz CT molecular complexity index is 1300. The molecule has 0 saturated heterocycles. The second kappa shape index (κ2) is 9.05. The highest BCUT2D eigenvalue weighted by Crippen LogP contribution is 2.32. The molecule has 0 aliphatic rings. The smallest absolute Gasteiger partial charge is 0.353 e. The molecule has 0 atom stereocenters. The van der Waals surface area contributed by atoms with E-state index in [0.29, 0.717) is 41.8 Å². The van der Waals surface area contributed by atoms with Gasteiger partial charge in [0.25, 0.3) is 0 Å². The summed E-state index contributed by atoms with van der Waals surface area (Å²) in [5.41, 5.74) is 2.15. The average Bonchev–Trinajstić information content (AvgIpc) is 3.27. The number of halogens is 2. The molecule has 0 unspecified atom stereocenters. The predicted molar refractivity (Wildman–Crippen MR) is 118 cm³/mol. The lowest BCUT2D eigenvalue weighted by molar-refractivity contribution is -0.386. The van der Waals surface area contributed by atoms with E-state index in [0.717, 1.165) is 5.69 Å². The number of ether oxygens (including phenoxy) is 1. The van der Waals surface area contributed by atoms with Crippen LogP contribution in [0.4, 0.5) is 5.69 Å². The van der Waals surface area contributed by atoms with Crippen molar-refractivity contribution in [3.63, 3.8) is 0 Å². The molecule has 0 amide bonds. The predicted octanol–water partition coefficient (Wildman–Crippen LogP) is 3.96. The van der Waals surface area contributed by atoms with E-state index < -0.39 is 4.92 Å². The first-order valence-electron chi connectivity index (χ1n) is 9.76. The minimum absolute atomic E-state index is 0.0490. The van der Waals surface area contributed by atoms with Crippen LogP contribution in [0.5, 0.6) is 5.88 Å². The van der Waals surface area contributed by atoms with Crippen molar-refractivity contribution in [1.82, 2.24) is 34.5 Å². The van der Waals surface area contributed by atoms with E-state index in [1.165, 1.54) is 10.9 Å². The second-order valence-electron chi connectivity index (χ2n) is 6.82. The third-order valence-electron chi connectivity index (χ3n) is 4.83. The normalized spacial score (nSPS) is 11.2. The van der Waals surface area contributed by atoms with Crippen molar-refractivity contribution >= 4 is 39.9 Å². The molecule has 0 N–H and O–H groups in total. The Labute approximate surface area is 192 Å². The van der Waals surface area contributed by atoms with Crippen molar-refractivity contribution in [3.8, 4) is 11.6 Å². The molecule has 0 aliphatic carbocycles. The standard InChI is InChI=1S/C19H18Cl2N8O3/c1-3-13-14(6-4-7-22-13)28-11(2)15(29(30)31)18(26-28)32-9-5-8-27-17-12(16(20)25-27)10-23-19(21)24-17/h4,6-7,10H,3,5,8-9H2,1-2H3. The molecule has 32 heavy (non-hydrogen) atoms. The van der Waals surface area contributed by atoms with E-state index in [1.807, 2.05) is 13.0 Å². The van der Waals surface area contributed by atoms with Crippen LogP contribution < -0.4 is 4.74 Å². The molecule has 0 saturated carbocycles. The summed E-state index contributed by atoms with van der Waals surface area (Å²) in [6.07, 6.45) is 4.32. The molecule has 0 fully saturated rings. The van der Waals surface area contributed by atoms with Gasteiger partial charge in [-0.25, -0.2) is 14.3 Å². The topological polar surface area (TPSA) is 127 Å². The fourth-order valence-corrected chi connectivity index (χ4v) is 3.70. The van der Waals surface area contributed by atoms with E-state index >= 15 is 0 Å². The summed E-state index contributed by atoms with van der Waals surface area (Å²) in [5.74, 6) is -0.0490. The summed E-state index contributed by atoms with van der Waals surface area (Å²) in [6, 6.07) is 3.58. The molecule has 0 bridgehead atoms. The van der Waals surface area contributed by atoms with Crippen LogP contribution in [0, 0.1) is 17.0 Å². The van der Waals surface area contributed by atoms with Gasteiger partial charge in [0.05, 0.1) is 28.3 Å². The first-order chi connectivity index (χ1) is 15.4. The second-order valence-corrected chi connectivity index (χ2v) is 7.52. The number of nitro groups is 1. The monoisotopic (exact) mass is 476 g/mol. The number of fused-ring (bicyclic) bond motifs is 1. The van der Waals surface area contributed by atoms with E-state index in [2.05, 4.69) is 25.1 Å². The number of hydrogen-bond acceptors (Lipinski definition) is 8. The Morgan fingerprint density at radius 2 is 2.06 bits per heavy atom.